The van der Waals surface area contributed by atoms with Gasteiger partial charge in [0.1, 0.15) is 0 Å². The molecule has 0 bridgehead atoms. The Labute approximate surface area is 114 Å². The van der Waals surface area contributed by atoms with Crippen LogP contribution in [0.15, 0.2) is 0 Å². The first-order valence-electron chi connectivity index (χ1n) is 6.02. The summed E-state index contributed by atoms with van der Waals surface area (Å²) in [6.45, 7) is 4.11. The fraction of sp³-hybridized carbons (Fsp3) is 0.455. The minimum Gasteiger partial charge on any atom is -0.374 e. The van der Waals surface area contributed by atoms with Gasteiger partial charge in [0.15, 0.2) is 5.82 Å². The van der Waals surface area contributed by atoms with E-state index < -0.39 is 0 Å². The molecular formula is C11H15N7S. The van der Waals surface area contributed by atoms with Crippen molar-refractivity contribution in [3.8, 4) is 0 Å². The third-order valence-corrected chi connectivity index (χ3v) is 4.06. The van der Waals surface area contributed by atoms with Crippen LogP contribution in [-0.2, 0) is 19.9 Å². The van der Waals surface area contributed by atoms with Crippen molar-refractivity contribution < 1.29 is 0 Å². The van der Waals surface area contributed by atoms with E-state index in [2.05, 4.69) is 27.3 Å². The van der Waals surface area contributed by atoms with Crippen LogP contribution in [0.5, 0.6) is 0 Å². The van der Waals surface area contributed by atoms with Gasteiger partial charge in [0.05, 0.1) is 5.69 Å². The molecule has 0 aliphatic heterocycles. The zero-order valence-electron chi connectivity index (χ0n) is 11.1. The molecule has 0 aliphatic rings. The van der Waals surface area contributed by atoms with Crippen molar-refractivity contribution in [2.45, 2.75) is 26.7 Å². The molecule has 0 saturated heterocycles. The molecule has 0 amide bonds. The van der Waals surface area contributed by atoms with E-state index in [1.54, 1.807) is 4.52 Å². The molecule has 2 N–H and O–H groups in total. The summed E-state index contributed by atoms with van der Waals surface area (Å²) in [5, 5.41) is 17.4. The van der Waals surface area contributed by atoms with Gasteiger partial charge in [-0.3, -0.25) is 4.68 Å². The topological polar surface area (TPSA) is 86.9 Å². The van der Waals surface area contributed by atoms with E-state index in [1.807, 2.05) is 18.7 Å². The van der Waals surface area contributed by atoms with Gasteiger partial charge in [-0.05, 0) is 25.8 Å². The summed E-state index contributed by atoms with van der Waals surface area (Å²) in [5.74, 6) is 0.839. The van der Waals surface area contributed by atoms with Crippen LogP contribution >= 0.6 is 11.3 Å². The van der Waals surface area contributed by atoms with Crippen molar-refractivity contribution in [1.82, 2.24) is 29.6 Å². The largest absolute Gasteiger partial charge is 0.374 e. The van der Waals surface area contributed by atoms with E-state index in [9.17, 15) is 0 Å². The molecule has 0 atom stereocenters. The van der Waals surface area contributed by atoms with Gasteiger partial charge in [-0.2, -0.15) is 9.61 Å². The first kappa shape index (κ1) is 12.1. The second-order valence-corrected chi connectivity index (χ2v) is 5.51. The molecule has 7 nitrogen and oxygen atoms in total. The van der Waals surface area contributed by atoms with Gasteiger partial charge < -0.3 is 5.73 Å². The fourth-order valence-corrected chi connectivity index (χ4v) is 2.87. The highest BCUT2D eigenvalue weighted by atomic mass is 32.1. The second kappa shape index (κ2) is 4.30. The van der Waals surface area contributed by atoms with Crippen molar-refractivity contribution in [2.24, 2.45) is 7.05 Å². The number of fused-ring (bicyclic) bond motifs is 1. The number of aromatic nitrogens is 6. The summed E-state index contributed by atoms with van der Waals surface area (Å²) in [5.41, 5.74) is 9.19. The number of nitrogen functional groups attached to an aromatic ring is 1. The van der Waals surface area contributed by atoms with Crippen molar-refractivity contribution in [2.75, 3.05) is 5.73 Å². The number of rotatable bonds is 3. The van der Waals surface area contributed by atoms with E-state index in [0.717, 1.165) is 29.3 Å². The van der Waals surface area contributed by atoms with Crippen LogP contribution in [0.25, 0.3) is 4.96 Å². The number of nitrogens with zero attached hydrogens (tertiary/aromatic N) is 6. The van der Waals surface area contributed by atoms with Crippen LogP contribution in [0.3, 0.4) is 0 Å². The van der Waals surface area contributed by atoms with Gasteiger partial charge in [-0.25, -0.2) is 0 Å². The molecule has 3 heterocycles. The number of hydrogen-bond donors (Lipinski definition) is 1. The van der Waals surface area contributed by atoms with Crippen molar-refractivity contribution in [3.63, 3.8) is 0 Å². The molecule has 0 saturated carbocycles. The Hall–Kier alpha value is -1.96. The molecule has 0 fully saturated rings. The van der Waals surface area contributed by atoms with Crippen LogP contribution in [-0.4, -0.2) is 29.6 Å². The van der Waals surface area contributed by atoms with E-state index >= 15 is 0 Å². The Bertz CT molecular complexity index is 736. The van der Waals surface area contributed by atoms with Gasteiger partial charge in [-0.15, -0.1) is 15.3 Å². The minimum atomic E-state index is 0.514. The lowest BCUT2D eigenvalue weighted by atomic mass is 10.1. The molecule has 19 heavy (non-hydrogen) atoms. The lowest BCUT2D eigenvalue weighted by Crippen LogP contribution is -2.01. The van der Waals surface area contributed by atoms with Gasteiger partial charge in [0, 0.05) is 19.2 Å². The van der Waals surface area contributed by atoms with Crippen LogP contribution < -0.4 is 5.73 Å². The molecule has 0 spiro atoms. The van der Waals surface area contributed by atoms with Crippen LogP contribution in [0.1, 0.15) is 22.8 Å². The first-order valence-corrected chi connectivity index (χ1v) is 6.83. The molecule has 3 aromatic heterocycles. The van der Waals surface area contributed by atoms with Gasteiger partial charge >= 0.3 is 0 Å². The Morgan fingerprint density at radius 3 is 2.63 bits per heavy atom. The maximum Gasteiger partial charge on any atom is 0.236 e. The van der Waals surface area contributed by atoms with E-state index in [4.69, 9.17) is 5.73 Å². The highest BCUT2D eigenvalue weighted by molar-refractivity contribution is 7.20. The number of hydrogen-bond acceptors (Lipinski definition) is 6. The molecule has 0 aromatic carbocycles. The highest BCUT2D eigenvalue weighted by Crippen LogP contribution is 2.18. The molecule has 3 aromatic rings. The third kappa shape index (κ3) is 1.97. The van der Waals surface area contributed by atoms with Gasteiger partial charge in [0.2, 0.25) is 10.1 Å². The number of anilines is 1. The summed E-state index contributed by atoms with van der Waals surface area (Å²) in [7, 11) is 1.96. The van der Waals surface area contributed by atoms with Crippen LogP contribution in [0.2, 0.25) is 0 Å². The fourth-order valence-electron chi connectivity index (χ4n) is 2.24. The Morgan fingerprint density at radius 2 is 1.95 bits per heavy atom. The summed E-state index contributed by atoms with van der Waals surface area (Å²) in [6, 6.07) is 0. The van der Waals surface area contributed by atoms with Gasteiger partial charge in [0.25, 0.3) is 0 Å². The third-order valence-electron chi connectivity index (χ3n) is 3.33. The average Bonchev–Trinajstić information content (AvgIpc) is 2.95. The van der Waals surface area contributed by atoms with E-state index in [-0.39, 0.29) is 0 Å². The molecule has 100 valence electrons. The predicted molar refractivity (Wildman–Crippen MR) is 73.2 cm³/mol. The summed E-state index contributed by atoms with van der Waals surface area (Å²) in [4.78, 5) is 0.743. The van der Waals surface area contributed by atoms with E-state index in [1.165, 1.54) is 22.6 Å². The minimum absolute atomic E-state index is 0.514. The summed E-state index contributed by atoms with van der Waals surface area (Å²) >= 11 is 1.34. The molecular weight excluding hydrogens is 262 g/mol. The Balaban J connectivity index is 1.86. The first-order chi connectivity index (χ1) is 9.06. The normalized spacial score (nSPS) is 11.5. The smallest absolute Gasteiger partial charge is 0.236 e. The molecule has 8 heteroatoms. The van der Waals surface area contributed by atoms with Crippen molar-refractivity contribution in [3.05, 3.63) is 22.8 Å². The van der Waals surface area contributed by atoms with E-state index in [0.29, 0.717) is 5.13 Å². The van der Waals surface area contributed by atoms with Crippen LogP contribution in [0.4, 0.5) is 5.13 Å². The Morgan fingerprint density at radius 1 is 1.16 bits per heavy atom. The average molecular weight is 277 g/mol. The molecule has 0 radical (unpaired) electrons. The highest BCUT2D eigenvalue weighted by Gasteiger charge is 2.13. The zero-order valence-corrected chi connectivity index (χ0v) is 11.9. The van der Waals surface area contributed by atoms with Crippen LogP contribution in [0, 0.1) is 13.8 Å². The quantitative estimate of drug-likeness (QED) is 0.768. The standard InChI is InChI=1S/C11H15N7S/c1-6-8(7(2)17(3)15-6)4-5-9-13-14-11-18(9)16-10(12)19-11/h4-5H2,1-3H3,(H2,12,16). The van der Waals surface area contributed by atoms with Crippen molar-refractivity contribution >= 4 is 21.4 Å². The summed E-state index contributed by atoms with van der Waals surface area (Å²) < 4.78 is 3.63. The molecule has 0 unspecified atom stereocenters. The zero-order chi connectivity index (χ0) is 13.6. The number of nitrogens with two attached hydrogens (primary N) is 1. The SMILES string of the molecule is Cc1nn(C)c(C)c1CCc1nnc2sc(N)nn12. The predicted octanol–water partition coefficient (Wildman–Crippen LogP) is 0.904. The Kier molecular flexibility index (Phi) is 2.74. The lowest BCUT2D eigenvalue weighted by molar-refractivity contribution is 0.728. The monoisotopic (exact) mass is 277 g/mol. The number of aryl methyl sites for hydroxylation is 3. The van der Waals surface area contributed by atoms with Crippen molar-refractivity contribution in [1.29, 1.82) is 0 Å². The lowest BCUT2D eigenvalue weighted by Gasteiger charge is -2.00. The molecule has 3 rings (SSSR count). The second-order valence-electron chi connectivity index (χ2n) is 4.52. The maximum atomic E-state index is 5.67. The van der Waals surface area contributed by atoms with Gasteiger partial charge in [-0.1, -0.05) is 11.3 Å². The molecule has 0 aliphatic carbocycles. The summed E-state index contributed by atoms with van der Waals surface area (Å²) in [6.07, 6.45) is 1.65. The maximum absolute atomic E-state index is 5.67.